The molecule has 112 valence electrons. The largest absolute Gasteiger partial charge is 0.497 e. The van der Waals surface area contributed by atoms with E-state index >= 15 is 0 Å². The Labute approximate surface area is 126 Å². The van der Waals surface area contributed by atoms with E-state index in [-0.39, 0.29) is 0 Å². The van der Waals surface area contributed by atoms with Crippen molar-refractivity contribution in [2.75, 3.05) is 7.11 Å². The van der Waals surface area contributed by atoms with Crippen LogP contribution in [0.25, 0.3) is 0 Å². The van der Waals surface area contributed by atoms with E-state index in [1.54, 1.807) is 13.3 Å². The molecule has 0 aliphatic carbocycles. The second-order valence-electron chi connectivity index (χ2n) is 5.16. The predicted octanol–water partition coefficient (Wildman–Crippen LogP) is 3.17. The fourth-order valence-corrected chi connectivity index (χ4v) is 1.92. The topological polar surface area (TPSA) is 43.4 Å². The highest BCUT2D eigenvalue weighted by Crippen LogP contribution is 2.25. The van der Waals surface area contributed by atoms with Gasteiger partial charge in [-0.05, 0) is 24.3 Å². The van der Waals surface area contributed by atoms with Gasteiger partial charge in [-0.15, -0.1) is 0 Å². The van der Waals surface area contributed by atoms with E-state index in [9.17, 15) is 0 Å². The molecule has 1 aromatic carbocycles. The van der Waals surface area contributed by atoms with Crippen molar-refractivity contribution >= 4 is 0 Å². The Morgan fingerprint density at radius 3 is 2.76 bits per heavy atom. The minimum absolute atomic E-state index is 0.419. The number of benzene rings is 1. The second-order valence-corrected chi connectivity index (χ2v) is 5.16. The molecule has 0 fully saturated rings. The Morgan fingerprint density at radius 2 is 2.10 bits per heavy atom. The molecule has 2 aromatic rings. The summed E-state index contributed by atoms with van der Waals surface area (Å²) < 4.78 is 11.2. The Bertz CT molecular complexity index is 556. The number of hydrogen-bond donors (Lipinski definition) is 1. The van der Waals surface area contributed by atoms with Crippen LogP contribution in [0.4, 0.5) is 0 Å². The zero-order chi connectivity index (χ0) is 15.1. The number of rotatable bonds is 7. The van der Waals surface area contributed by atoms with Crippen LogP contribution in [0.15, 0.2) is 42.7 Å². The lowest BCUT2D eigenvalue weighted by atomic mass is 10.1. The molecule has 0 saturated carbocycles. The minimum Gasteiger partial charge on any atom is -0.497 e. The van der Waals surface area contributed by atoms with Gasteiger partial charge in [-0.1, -0.05) is 19.9 Å². The Kier molecular flexibility index (Phi) is 5.58. The van der Waals surface area contributed by atoms with Gasteiger partial charge in [-0.2, -0.15) is 0 Å². The summed E-state index contributed by atoms with van der Waals surface area (Å²) in [4.78, 5) is 4.09. The first-order chi connectivity index (χ1) is 10.2. The maximum Gasteiger partial charge on any atom is 0.124 e. The van der Waals surface area contributed by atoms with Crippen LogP contribution in [0.5, 0.6) is 11.5 Å². The molecular weight excluding hydrogens is 264 g/mol. The molecule has 1 aromatic heterocycles. The summed E-state index contributed by atoms with van der Waals surface area (Å²) >= 11 is 0. The molecule has 21 heavy (non-hydrogen) atoms. The molecule has 0 saturated heterocycles. The van der Waals surface area contributed by atoms with Crippen LogP contribution in [0, 0.1) is 0 Å². The lowest BCUT2D eigenvalue weighted by Crippen LogP contribution is -2.22. The summed E-state index contributed by atoms with van der Waals surface area (Å²) in [5, 5.41) is 3.40. The quantitative estimate of drug-likeness (QED) is 0.849. The van der Waals surface area contributed by atoms with E-state index < -0.39 is 0 Å². The van der Waals surface area contributed by atoms with Crippen molar-refractivity contribution < 1.29 is 9.47 Å². The van der Waals surface area contributed by atoms with Crippen LogP contribution in [0.2, 0.25) is 0 Å². The zero-order valence-electron chi connectivity index (χ0n) is 12.8. The van der Waals surface area contributed by atoms with Crippen molar-refractivity contribution in [1.29, 1.82) is 0 Å². The Hall–Kier alpha value is -2.07. The second kappa shape index (κ2) is 7.64. The number of hydrogen-bond acceptors (Lipinski definition) is 4. The van der Waals surface area contributed by atoms with Gasteiger partial charge in [0, 0.05) is 36.1 Å². The summed E-state index contributed by atoms with van der Waals surface area (Å²) in [6, 6.07) is 10.2. The summed E-state index contributed by atoms with van der Waals surface area (Å²) in [5.74, 6) is 1.71. The van der Waals surface area contributed by atoms with Gasteiger partial charge >= 0.3 is 0 Å². The third-order valence-electron chi connectivity index (χ3n) is 3.09. The third-order valence-corrected chi connectivity index (χ3v) is 3.09. The fourth-order valence-electron chi connectivity index (χ4n) is 1.92. The lowest BCUT2D eigenvalue weighted by molar-refractivity contribution is 0.300. The van der Waals surface area contributed by atoms with Crippen molar-refractivity contribution in [3.8, 4) is 11.5 Å². The molecule has 1 N–H and O–H groups in total. The highest BCUT2D eigenvalue weighted by atomic mass is 16.5. The van der Waals surface area contributed by atoms with Crippen molar-refractivity contribution in [2.45, 2.75) is 33.0 Å². The van der Waals surface area contributed by atoms with Gasteiger partial charge in [0.25, 0.3) is 0 Å². The van der Waals surface area contributed by atoms with Crippen LogP contribution in [0.3, 0.4) is 0 Å². The lowest BCUT2D eigenvalue weighted by Gasteiger charge is -2.15. The van der Waals surface area contributed by atoms with Crippen LogP contribution in [-0.2, 0) is 13.2 Å². The van der Waals surface area contributed by atoms with Gasteiger partial charge in [-0.3, -0.25) is 4.98 Å². The van der Waals surface area contributed by atoms with Crippen LogP contribution in [-0.4, -0.2) is 18.1 Å². The Morgan fingerprint density at radius 1 is 1.24 bits per heavy atom. The number of pyridine rings is 1. The van der Waals surface area contributed by atoms with Crippen molar-refractivity contribution in [1.82, 2.24) is 10.3 Å². The average Bonchev–Trinajstić information content (AvgIpc) is 2.52. The van der Waals surface area contributed by atoms with Gasteiger partial charge in [0.05, 0.1) is 7.11 Å². The summed E-state index contributed by atoms with van der Waals surface area (Å²) in [6.45, 7) is 5.50. The maximum atomic E-state index is 5.92. The molecule has 0 amide bonds. The monoisotopic (exact) mass is 286 g/mol. The fraction of sp³-hybridized carbons (Fsp3) is 0.353. The Balaban J connectivity index is 2.09. The van der Waals surface area contributed by atoms with Gasteiger partial charge in [-0.25, -0.2) is 0 Å². The van der Waals surface area contributed by atoms with Gasteiger partial charge < -0.3 is 14.8 Å². The summed E-state index contributed by atoms with van der Waals surface area (Å²) in [7, 11) is 1.67. The molecule has 1 heterocycles. The third kappa shape index (κ3) is 4.76. The molecule has 0 aliphatic rings. The molecule has 0 atom stereocenters. The first-order valence-electron chi connectivity index (χ1n) is 7.11. The summed E-state index contributed by atoms with van der Waals surface area (Å²) in [6.07, 6.45) is 3.57. The van der Waals surface area contributed by atoms with Crippen LogP contribution >= 0.6 is 0 Å². The zero-order valence-corrected chi connectivity index (χ0v) is 12.8. The number of aromatic nitrogens is 1. The number of nitrogens with one attached hydrogen (secondary N) is 1. The molecule has 0 spiro atoms. The van der Waals surface area contributed by atoms with Crippen molar-refractivity contribution in [2.24, 2.45) is 0 Å². The molecule has 0 aliphatic heterocycles. The number of ether oxygens (including phenoxy) is 2. The first kappa shape index (κ1) is 15.3. The molecule has 0 radical (unpaired) electrons. The van der Waals surface area contributed by atoms with Gasteiger partial charge in [0.1, 0.15) is 18.1 Å². The van der Waals surface area contributed by atoms with Crippen LogP contribution < -0.4 is 14.8 Å². The molecule has 2 rings (SSSR count). The minimum atomic E-state index is 0.419. The van der Waals surface area contributed by atoms with Crippen LogP contribution in [0.1, 0.15) is 25.0 Å². The highest BCUT2D eigenvalue weighted by Gasteiger charge is 2.07. The standard InChI is InChI=1S/C17H22N2O2/c1-13(2)19-11-15-9-16(20-3)6-7-17(15)21-12-14-5-4-8-18-10-14/h4-10,13,19H,11-12H2,1-3H3. The number of methoxy groups -OCH3 is 1. The molecule has 0 bridgehead atoms. The van der Waals surface area contributed by atoms with Crippen molar-refractivity contribution in [3.63, 3.8) is 0 Å². The number of nitrogens with zero attached hydrogens (tertiary/aromatic N) is 1. The summed E-state index contributed by atoms with van der Waals surface area (Å²) in [5.41, 5.74) is 2.14. The SMILES string of the molecule is COc1ccc(OCc2cccnc2)c(CNC(C)C)c1. The first-order valence-corrected chi connectivity index (χ1v) is 7.11. The van der Waals surface area contributed by atoms with Gasteiger partial charge in [0.15, 0.2) is 0 Å². The van der Waals surface area contributed by atoms with E-state index in [4.69, 9.17) is 9.47 Å². The predicted molar refractivity (Wildman–Crippen MR) is 83.5 cm³/mol. The molecular formula is C17H22N2O2. The van der Waals surface area contributed by atoms with E-state index in [1.165, 1.54) is 0 Å². The van der Waals surface area contributed by atoms with E-state index in [0.29, 0.717) is 12.6 Å². The van der Waals surface area contributed by atoms with Gasteiger partial charge in [0.2, 0.25) is 0 Å². The smallest absolute Gasteiger partial charge is 0.124 e. The van der Waals surface area contributed by atoms with E-state index in [1.807, 2.05) is 36.5 Å². The average molecular weight is 286 g/mol. The van der Waals surface area contributed by atoms with Crippen molar-refractivity contribution in [3.05, 3.63) is 53.9 Å². The highest BCUT2D eigenvalue weighted by molar-refractivity contribution is 5.40. The van der Waals surface area contributed by atoms with E-state index in [0.717, 1.165) is 29.2 Å². The molecule has 4 heteroatoms. The molecule has 4 nitrogen and oxygen atoms in total. The maximum absolute atomic E-state index is 5.92. The van der Waals surface area contributed by atoms with E-state index in [2.05, 4.69) is 24.1 Å². The molecule has 0 unspecified atom stereocenters. The normalized spacial score (nSPS) is 10.7.